The van der Waals surface area contributed by atoms with Crippen LogP contribution < -0.4 is 25.7 Å². The van der Waals surface area contributed by atoms with Gasteiger partial charge in [0.25, 0.3) is 11.9 Å². The van der Waals surface area contributed by atoms with E-state index in [1.54, 1.807) is 0 Å². The number of nitrogens with one attached hydrogen (secondary N) is 1. The van der Waals surface area contributed by atoms with Crippen molar-refractivity contribution in [3.63, 3.8) is 0 Å². The number of H-pyrrole nitrogens is 1. The van der Waals surface area contributed by atoms with Gasteiger partial charge in [0.05, 0.1) is 21.3 Å². The molecule has 0 atom stereocenters. The number of hydrogen-bond donors (Lipinski definition) is 3. The van der Waals surface area contributed by atoms with Crippen LogP contribution in [-0.4, -0.2) is 92.1 Å². The molecule has 0 aliphatic carbocycles. The van der Waals surface area contributed by atoms with Gasteiger partial charge in [-0.2, -0.15) is 30.1 Å². The summed E-state index contributed by atoms with van der Waals surface area (Å²) in [6, 6.07) is 0.276. The second-order valence-corrected chi connectivity index (χ2v) is 5.36. The average Bonchev–Trinajstić information content (AvgIpc) is 3.44. The zero-order valence-corrected chi connectivity index (χ0v) is 18.0. The number of halogens is 2. The molecule has 0 fully saturated rings. The summed E-state index contributed by atoms with van der Waals surface area (Å²) in [4.78, 5) is 22.3. The Kier molecular flexibility index (Phi) is 8.86. The maximum atomic E-state index is 5.50. The van der Waals surface area contributed by atoms with Crippen LogP contribution >= 0.6 is 23.2 Å². The molecule has 0 saturated heterocycles. The molecule has 21 heteroatoms. The summed E-state index contributed by atoms with van der Waals surface area (Å²) in [5, 5.41) is 22.5. The monoisotopic (exact) mass is 488 g/mol. The molecule has 4 aromatic heterocycles. The van der Waals surface area contributed by atoms with Crippen LogP contribution in [0.15, 0.2) is 0 Å². The Morgan fingerprint density at radius 1 is 0.781 bits per heavy atom. The van der Waals surface area contributed by atoms with Crippen LogP contribution in [0.3, 0.4) is 0 Å². The summed E-state index contributed by atoms with van der Waals surface area (Å²) in [5.41, 5.74) is 10.5. The van der Waals surface area contributed by atoms with Gasteiger partial charge in [0.1, 0.15) is 0 Å². The summed E-state index contributed by atoms with van der Waals surface area (Å²) in [5.74, 6) is 0.344. The molecule has 4 heterocycles. The standard InChI is InChI=1S/C6H8N8O2.C4H3Cl2N3O.CH3N5/c1-15-5-8-4(9-6(10-5)16-2)14-3(7)11-12-13-14;1-10-4-8-2(5)7-3(6)9-4;2-1-3-5-6-4-1/h1-2H3,(H2,7,11,13);1H3;(H3,2,3,4,5,6). The molecule has 0 radical (unpaired) electrons. The fraction of sp³-hybridized carbons (Fsp3) is 0.273. The van der Waals surface area contributed by atoms with Crippen molar-refractivity contribution in [3.8, 4) is 24.0 Å². The summed E-state index contributed by atoms with van der Waals surface area (Å²) >= 11 is 10.8. The highest BCUT2D eigenvalue weighted by Gasteiger charge is 2.12. The minimum atomic E-state index is 0.0249. The van der Waals surface area contributed by atoms with Crippen LogP contribution in [0.1, 0.15) is 0 Å². The predicted octanol–water partition coefficient (Wildman–Crippen LogP) is -1.58. The van der Waals surface area contributed by atoms with Gasteiger partial charge in [-0.05, 0) is 38.8 Å². The van der Waals surface area contributed by atoms with Crippen molar-refractivity contribution in [2.24, 2.45) is 0 Å². The predicted molar refractivity (Wildman–Crippen MR) is 105 cm³/mol. The minimum absolute atomic E-state index is 0.0249. The molecule has 0 aromatic carbocycles. The average molecular weight is 489 g/mol. The first-order valence-electron chi connectivity index (χ1n) is 7.84. The molecule has 4 rings (SSSR count). The Morgan fingerprint density at radius 3 is 1.72 bits per heavy atom. The summed E-state index contributed by atoms with van der Waals surface area (Å²) in [6.45, 7) is 0. The van der Waals surface area contributed by atoms with Gasteiger partial charge >= 0.3 is 18.0 Å². The maximum absolute atomic E-state index is 5.50. The van der Waals surface area contributed by atoms with E-state index in [0.717, 1.165) is 4.68 Å². The Bertz CT molecular complexity index is 1070. The quantitative estimate of drug-likeness (QED) is 0.292. The second-order valence-electron chi connectivity index (χ2n) is 4.69. The van der Waals surface area contributed by atoms with Crippen LogP contribution in [0.2, 0.25) is 10.6 Å². The molecule has 0 unspecified atom stereocenters. The molecule has 32 heavy (non-hydrogen) atoms. The zero-order chi connectivity index (χ0) is 23.5. The smallest absolute Gasteiger partial charge is 0.324 e. The Morgan fingerprint density at radius 2 is 1.34 bits per heavy atom. The van der Waals surface area contributed by atoms with Crippen molar-refractivity contribution < 1.29 is 14.2 Å². The molecule has 0 aliphatic rings. The van der Waals surface area contributed by atoms with E-state index in [-0.39, 0.29) is 46.4 Å². The number of aromatic amines is 1. The van der Waals surface area contributed by atoms with E-state index in [1.165, 1.54) is 21.3 Å². The number of rotatable bonds is 4. The fourth-order valence-electron chi connectivity index (χ4n) is 1.51. The molecule has 5 N–H and O–H groups in total. The third-order valence-electron chi connectivity index (χ3n) is 2.74. The molecule has 0 amide bonds. The molecule has 0 spiro atoms. The van der Waals surface area contributed by atoms with Gasteiger partial charge in [0, 0.05) is 0 Å². The van der Waals surface area contributed by atoms with Gasteiger partial charge in [0.15, 0.2) is 0 Å². The number of nitrogen functional groups attached to an aromatic ring is 2. The largest absolute Gasteiger partial charge is 0.467 e. The molecular formula is C11H14Cl2N16O3. The van der Waals surface area contributed by atoms with Gasteiger partial charge in [0.2, 0.25) is 16.5 Å². The number of hydrogen-bond acceptors (Lipinski definition) is 17. The van der Waals surface area contributed by atoms with Gasteiger partial charge < -0.3 is 25.7 Å². The maximum Gasteiger partial charge on any atom is 0.324 e. The lowest BCUT2D eigenvalue weighted by molar-refractivity contribution is 0.338. The number of tetrazole rings is 2. The van der Waals surface area contributed by atoms with E-state index in [2.05, 4.69) is 70.8 Å². The van der Waals surface area contributed by atoms with E-state index < -0.39 is 0 Å². The number of nitrogens with zero attached hydrogens (tertiary/aromatic N) is 13. The first-order valence-corrected chi connectivity index (χ1v) is 8.60. The molecular weight excluding hydrogens is 475 g/mol. The van der Waals surface area contributed by atoms with E-state index >= 15 is 0 Å². The lowest BCUT2D eigenvalue weighted by atomic mass is 10.8. The van der Waals surface area contributed by atoms with Crippen LogP contribution in [0.4, 0.5) is 11.9 Å². The summed E-state index contributed by atoms with van der Waals surface area (Å²) in [6.07, 6.45) is 0. The minimum Gasteiger partial charge on any atom is -0.467 e. The van der Waals surface area contributed by atoms with Crippen molar-refractivity contribution in [2.75, 3.05) is 32.8 Å². The topological polar surface area (TPSA) is 255 Å². The SMILES string of the molecule is COc1nc(Cl)nc(Cl)n1.COc1nc(OC)nc(-n2nnnc2N)n1.Nc1nn[nH]n1. The van der Waals surface area contributed by atoms with Crippen LogP contribution in [-0.2, 0) is 0 Å². The fourth-order valence-corrected chi connectivity index (χ4v) is 1.86. The Hall–Kier alpha value is -4.26. The third kappa shape index (κ3) is 7.21. The third-order valence-corrected chi connectivity index (χ3v) is 3.07. The van der Waals surface area contributed by atoms with Gasteiger partial charge in [-0.3, -0.25) is 0 Å². The van der Waals surface area contributed by atoms with Crippen molar-refractivity contribution in [3.05, 3.63) is 10.6 Å². The second kappa shape index (κ2) is 11.8. The van der Waals surface area contributed by atoms with Gasteiger partial charge in [-0.25, -0.2) is 0 Å². The van der Waals surface area contributed by atoms with Crippen molar-refractivity contribution >= 4 is 35.1 Å². The molecule has 0 aliphatic heterocycles. The van der Waals surface area contributed by atoms with Gasteiger partial charge in [-0.15, -0.1) is 14.8 Å². The molecule has 4 aromatic rings. The van der Waals surface area contributed by atoms with Crippen molar-refractivity contribution in [1.82, 2.24) is 70.7 Å². The molecule has 19 nitrogen and oxygen atoms in total. The lowest BCUT2D eigenvalue weighted by Gasteiger charge is -2.04. The van der Waals surface area contributed by atoms with E-state index in [1.807, 2.05) is 0 Å². The Labute approximate surface area is 187 Å². The molecule has 0 saturated carbocycles. The van der Waals surface area contributed by atoms with Crippen LogP contribution in [0.5, 0.6) is 18.0 Å². The highest BCUT2D eigenvalue weighted by molar-refractivity contribution is 6.31. The van der Waals surface area contributed by atoms with Gasteiger partial charge in [-0.1, -0.05) is 10.2 Å². The number of anilines is 2. The van der Waals surface area contributed by atoms with E-state index in [0.29, 0.717) is 0 Å². The van der Waals surface area contributed by atoms with E-state index in [4.69, 9.17) is 44.1 Å². The lowest BCUT2D eigenvalue weighted by Crippen LogP contribution is -2.10. The number of ether oxygens (including phenoxy) is 3. The molecule has 170 valence electrons. The highest BCUT2D eigenvalue weighted by Crippen LogP contribution is 2.12. The number of methoxy groups -OCH3 is 3. The summed E-state index contributed by atoms with van der Waals surface area (Å²) in [7, 11) is 4.25. The number of aromatic nitrogens is 14. The first kappa shape index (κ1) is 24.0. The normalized spacial score (nSPS) is 9.66. The van der Waals surface area contributed by atoms with Crippen LogP contribution in [0.25, 0.3) is 5.95 Å². The molecule has 0 bridgehead atoms. The highest BCUT2D eigenvalue weighted by atomic mass is 35.5. The zero-order valence-electron chi connectivity index (χ0n) is 16.4. The first-order chi connectivity index (χ1) is 15.4. The number of nitrogens with two attached hydrogens (primary N) is 2. The van der Waals surface area contributed by atoms with E-state index in [9.17, 15) is 0 Å². The van der Waals surface area contributed by atoms with Crippen molar-refractivity contribution in [1.29, 1.82) is 0 Å². The Balaban J connectivity index is 0.000000192. The van der Waals surface area contributed by atoms with Crippen LogP contribution in [0, 0.1) is 0 Å². The van der Waals surface area contributed by atoms with Crippen molar-refractivity contribution in [2.45, 2.75) is 0 Å². The summed E-state index contributed by atoms with van der Waals surface area (Å²) < 4.78 is 15.5.